The molecule has 1 amide bonds. The number of benzene rings is 1. The minimum absolute atomic E-state index is 0.0121. The Kier molecular flexibility index (Phi) is 5.40. The molecule has 0 bridgehead atoms. The van der Waals surface area contributed by atoms with E-state index in [9.17, 15) is 19.7 Å². The predicted octanol–water partition coefficient (Wildman–Crippen LogP) is 1.90. The van der Waals surface area contributed by atoms with Gasteiger partial charge in [-0.2, -0.15) is 0 Å². The van der Waals surface area contributed by atoms with Gasteiger partial charge in [0.05, 0.1) is 11.3 Å². The van der Waals surface area contributed by atoms with Gasteiger partial charge in [0, 0.05) is 24.1 Å². The van der Waals surface area contributed by atoms with Crippen molar-refractivity contribution in [1.82, 2.24) is 5.32 Å². The number of nitro benzene ring substituents is 1. The third-order valence-corrected chi connectivity index (χ3v) is 2.93. The number of amides is 1. The second-order valence-corrected chi connectivity index (χ2v) is 5.43. The van der Waals surface area contributed by atoms with Crippen LogP contribution in [0.2, 0.25) is 0 Å². The van der Waals surface area contributed by atoms with Crippen LogP contribution in [0.4, 0.5) is 5.69 Å². The van der Waals surface area contributed by atoms with Crippen LogP contribution in [0.5, 0.6) is 0 Å². The number of rotatable bonds is 7. The second-order valence-electron chi connectivity index (χ2n) is 5.43. The van der Waals surface area contributed by atoms with E-state index in [0.29, 0.717) is 12.0 Å². The molecular weight excluding hydrogens is 276 g/mol. The fourth-order valence-corrected chi connectivity index (χ4v) is 1.87. The summed E-state index contributed by atoms with van der Waals surface area (Å²) in [4.78, 5) is 32.6. The van der Waals surface area contributed by atoms with Gasteiger partial charge < -0.3 is 10.4 Å². The Morgan fingerprint density at radius 1 is 1.38 bits per heavy atom. The summed E-state index contributed by atoms with van der Waals surface area (Å²) in [5.74, 6) is -1.22. The fourth-order valence-electron chi connectivity index (χ4n) is 1.87. The molecule has 0 saturated carbocycles. The Morgan fingerprint density at radius 2 is 2.05 bits per heavy atom. The van der Waals surface area contributed by atoms with E-state index >= 15 is 0 Å². The first-order valence-corrected chi connectivity index (χ1v) is 6.46. The number of carboxylic acids is 1. The van der Waals surface area contributed by atoms with Gasteiger partial charge >= 0.3 is 5.97 Å². The molecule has 1 aromatic carbocycles. The van der Waals surface area contributed by atoms with E-state index < -0.39 is 16.4 Å². The van der Waals surface area contributed by atoms with E-state index in [0.717, 1.165) is 0 Å². The van der Waals surface area contributed by atoms with Crippen LogP contribution in [0.3, 0.4) is 0 Å². The minimum atomic E-state index is -0.920. The van der Waals surface area contributed by atoms with E-state index in [1.807, 2.05) is 0 Å². The number of carbonyl (C=O) groups is 2. The monoisotopic (exact) mass is 294 g/mol. The largest absolute Gasteiger partial charge is 0.481 e. The summed E-state index contributed by atoms with van der Waals surface area (Å²) in [6, 6.07) is 5.87. The maximum Gasteiger partial charge on any atom is 0.303 e. The van der Waals surface area contributed by atoms with Crippen LogP contribution in [0, 0.1) is 10.1 Å². The van der Waals surface area contributed by atoms with Crippen LogP contribution in [0.1, 0.15) is 32.3 Å². The smallest absolute Gasteiger partial charge is 0.303 e. The highest BCUT2D eigenvalue weighted by atomic mass is 16.6. The number of nitro groups is 1. The van der Waals surface area contributed by atoms with Crippen molar-refractivity contribution in [2.45, 2.75) is 38.6 Å². The number of carbonyl (C=O) groups excluding carboxylic acids is 1. The Hall–Kier alpha value is -2.44. The highest BCUT2D eigenvalue weighted by molar-refractivity contribution is 5.79. The molecule has 7 nitrogen and oxygen atoms in total. The van der Waals surface area contributed by atoms with Crippen molar-refractivity contribution in [3.05, 3.63) is 39.9 Å². The summed E-state index contributed by atoms with van der Waals surface area (Å²) in [7, 11) is 0. The molecule has 0 saturated heterocycles. The summed E-state index contributed by atoms with van der Waals surface area (Å²) in [5.41, 5.74) is -0.169. The van der Waals surface area contributed by atoms with Crippen molar-refractivity contribution >= 4 is 17.6 Å². The molecule has 114 valence electrons. The van der Waals surface area contributed by atoms with Gasteiger partial charge in [-0.1, -0.05) is 12.1 Å². The highest BCUT2D eigenvalue weighted by Crippen LogP contribution is 2.15. The van der Waals surface area contributed by atoms with Gasteiger partial charge in [0.15, 0.2) is 0 Å². The van der Waals surface area contributed by atoms with Crippen LogP contribution in [0.25, 0.3) is 0 Å². The second kappa shape index (κ2) is 6.83. The zero-order chi connectivity index (χ0) is 16.0. The highest BCUT2D eigenvalue weighted by Gasteiger charge is 2.21. The number of non-ortho nitro benzene ring substituents is 1. The molecule has 1 aromatic rings. The topological polar surface area (TPSA) is 110 Å². The van der Waals surface area contributed by atoms with Gasteiger partial charge in [-0.15, -0.1) is 0 Å². The summed E-state index contributed by atoms with van der Waals surface area (Å²) >= 11 is 0. The molecule has 21 heavy (non-hydrogen) atoms. The van der Waals surface area contributed by atoms with Gasteiger partial charge in [0.2, 0.25) is 5.91 Å². The van der Waals surface area contributed by atoms with Crippen molar-refractivity contribution in [2.75, 3.05) is 0 Å². The zero-order valence-electron chi connectivity index (χ0n) is 12.0. The Balaban J connectivity index is 2.62. The first kappa shape index (κ1) is 16.6. The van der Waals surface area contributed by atoms with Gasteiger partial charge in [0.25, 0.3) is 5.69 Å². The van der Waals surface area contributed by atoms with Gasteiger partial charge in [-0.25, -0.2) is 0 Å². The summed E-state index contributed by atoms with van der Waals surface area (Å²) in [6.45, 7) is 3.47. The van der Waals surface area contributed by atoms with Crippen molar-refractivity contribution in [3.63, 3.8) is 0 Å². The lowest BCUT2D eigenvalue weighted by molar-refractivity contribution is -0.384. The lowest BCUT2D eigenvalue weighted by atomic mass is 9.98. The van der Waals surface area contributed by atoms with Crippen LogP contribution < -0.4 is 5.32 Å². The average Bonchev–Trinajstić information content (AvgIpc) is 2.36. The summed E-state index contributed by atoms with van der Waals surface area (Å²) in [6.07, 6.45) is 0.283. The standard InChI is InChI=1S/C14H18N2O5/c1-14(2,7-6-13(18)19)15-12(17)9-10-4-3-5-11(8-10)16(20)21/h3-5,8H,6-7,9H2,1-2H3,(H,15,17)(H,18,19). The van der Waals surface area contributed by atoms with Crippen molar-refractivity contribution in [1.29, 1.82) is 0 Å². The summed E-state index contributed by atoms with van der Waals surface area (Å²) < 4.78 is 0. The molecule has 0 aliphatic heterocycles. The van der Waals surface area contributed by atoms with E-state index in [1.165, 1.54) is 18.2 Å². The van der Waals surface area contributed by atoms with Crippen molar-refractivity contribution < 1.29 is 19.6 Å². The van der Waals surface area contributed by atoms with E-state index in [2.05, 4.69) is 5.32 Å². The van der Waals surface area contributed by atoms with Gasteiger partial charge in [0.1, 0.15) is 0 Å². The molecule has 0 radical (unpaired) electrons. The number of nitrogens with zero attached hydrogens (tertiary/aromatic N) is 1. The summed E-state index contributed by atoms with van der Waals surface area (Å²) in [5, 5.41) is 22.1. The predicted molar refractivity (Wildman–Crippen MR) is 75.9 cm³/mol. The third kappa shape index (κ3) is 6.03. The number of aliphatic carboxylic acids is 1. The van der Waals surface area contributed by atoms with Crippen LogP contribution >= 0.6 is 0 Å². The first-order chi connectivity index (χ1) is 9.69. The third-order valence-electron chi connectivity index (χ3n) is 2.93. The molecule has 0 fully saturated rings. The maximum atomic E-state index is 11.9. The minimum Gasteiger partial charge on any atom is -0.481 e. The quantitative estimate of drug-likeness (QED) is 0.589. The van der Waals surface area contributed by atoms with E-state index in [-0.39, 0.29) is 24.4 Å². The lowest BCUT2D eigenvalue weighted by Crippen LogP contribution is -2.44. The molecule has 0 atom stereocenters. The normalized spacial score (nSPS) is 11.0. The molecule has 0 aliphatic rings. The van der Waals surface area contributed by atoms with Crippen LogP contribution in [0.15, 0.2) is 24.3 Å². The molecule has 0 aromatic heterocycles. The maximum absolute atomic E-state index is 11.9. The number of hydrogen-bond donors (Lipinski definition) is 2. The fraction of sp³-hybridized carbons (Fsp3) is 0.429. The van der Waals surface area contributed by atoms with E-state index in [1.54, 1.807) is 19.9 Å². The van der Waals surface area contributed by atoms with Crippen molar-refractivity contribution in [2.24, 2.45) is 0 Å². The SMILES string of the molecule is CC(C)(CCC(=O)O)NC(=O)Cc1cccc([N+](=O)[O-])c1. The average molecular weight is 294 g/mol. The molecular formula is C14H18N2O5. The lowest BCUT2D eigenvalue weighted by Gasteiger charge is -2.25. The van der Waals surface area contributed by atoms with Gasteiger partial charge in [-0.3, -0.25) is 19.7 Å². The number of hydrogen-bond acceptors (Lipinski definition) is 4. The Morgan fingerprint density at radius 3 is 2.62 bits per heavy atom. The van der Waals surface area contributed by atoms with E-state index in [4.69, 9.17) is 5.11 Å². The zero-order valence-corrected chi connectivity index (χ0v) is 12.0. The van der Waals surface area contributed by atoms with Crippen LogP contribution in [-0.2, 0) is 16.0 Å². The molecule has 1 rings (SSSR count). The molecule has 0 aliphatic carbocycles. The Labute approximate surface area is 122 Å². The molecule has 0 unspecified atom stereocenters. The number of carboxylic acid groups (broad SMARTS) is 1. The van der Waals surface area contributed by atoms with Crippen molar-refractivity contribution in [3.8, 4) is 0 Å². The first-order valence-electron chi connectivity index (χ1n) is 6.46. The molecule has 0 spiro atoms. The molecule has 0 heterocycles. The molecule has 2 N–H and O–H groups in total. The van der Waals surface area contributed by atoms with Crippen LogP contribution in [-0.4, -0.2) is 27.4 Å². The number of nitrogens with one attached hydrogen (secondary N) is 1. The van der Waals surface area contributed by atoms with Gasteiger partial charge in [-0.05, 0) is 25.8 Å². The Bertz CT molecular complexity index is 554. The molecule has 7 heteroatoms.